The lowest BCUT2D eigenvalue weighted by Gasteiger charge is -2.30. The van der Waals surface area contributed by atoms with Crippen LogP contribution in [-0.4, -0.2) is 36.5 Å². The van der Waals surface area contributed by atoms with Crippen LogP contribution in [0.3, 0.4) is 0 Å². The highest BCUT2D eigenvalue weighted by atomic mass is 79.9. The second-order valence-electron chi connectivity index (χ2n) is 5.34. The first-order chi connectivity index (χ1) is 11.9. The van der Waals surface area contributed by atoms with Crippen LogP contribution >= 0.6 is 27.5 Å². The van der Waals surface area contributed by atoms with Gasteiger partial charge in [0.25, 0.3) is 0 Å². The number of alkyl halides is 1. The number of carbonyl (C=O) groups is 2. The largest absolute Gasteiger partial charge is 0.466 e. The third kappa shape index (κ3) is 4.04. The van der Waals surface area contributed by atoms with Gasteiger partial charge < -0.3 is 14.8 Å². The second-order valence-corrected chi connectivity index (χ2v) is 6.46. The molecule has 1 aromatic rings. The Morgan fingerprint density at radius 3 is 2.48 bits per heavy atom. The Hall–Kier alpha value is -1.86. The number of hydrogen-bond acceptors (Lipinski definition) is 6. The zero-order valence-electron chi connectivity index (χ0n) is 14.1. The van der Waals surface area contributed by atoms with E-state index in [0.29, 0.717) is 32.7 Å². The lowest BCUT2D eigenvalue weighted by atomic mass is 9.81. The minimum Gasteiger partial charge on any atom is -0.466 e. The zero-order valence-corrected chi connectivity index (χ0v) is 16.4. The van der Waals surface area contributed by atoms with Crippen molar-refractivity contribution in [2.75, 3.05) is 19.6 Å². The van der Waals surface area contributed by atoms with Crippen LogP contribution < -0.4 is 5.32 Å². The van der Waals surface area contributed by atoms with Crippen LogP contribution in [0.15, 0.2) is 45.5 Å². The molecular formula is C17H18BrClN2O4. The number of ether oxygens (including phenoxy) is 2. The highest BCUT2D eigenvalue weighted by Gasteiger charge is 2.38. The maximum Gasteiger partial charge on any atom is 0.336 e. The number of dihydropyridines is 1. The van der Waals surface area contributed by atoms with Crippen molar-refractivity contribution >= 4 is 39.5 Å². The van der Waals surface area contributed by atoms with Gasteiger partial charge in [0, 0.05) is 17.6 Å². The number of halogens is 2. The summed E-state index contributed by atoms with van der Waals surface area (Å²) in [6.07, 6.45) is 1.62. The molecule has 0 saturated carbocycles. The Morgan fingerprint density at radius 1 is 1.28 bits per heavy atom. The Labute approximate surface area is 159 Å². The molecule has 0 spiro atoms. The molecule has 0 saturated heterocycles. The van der Waals surface area contributed by atoms with Gasteiger partial charge in [-0.2, -0.15) is 0 Å². The summed E-state index contributed by atoms with van der Waals surface area (Å²) in [4.78, 5) is 29.3. The topological polar surface area (TPSA) is 77.5 Å². The van der Waals surface area contributed by atoms with E-state index >= 15 is 0 Å². The Morgan fingerprint density at radius 2 is 1.92 bits per heavy atom. The van der Waals surface area contributed by atoms with Crippen LogP contribution in [-0.2, 0) is 19.1 Å². The van der Waals surface area contributed by atoms with Crippen molar-refractivity contribution in [3.8, 4) is 0 Å². The molecule has 0 aromatic carbocycles. The maximum atomic E-state index is 12.6. The van der Waals surface area contributed by atoms with E-state index in [1.807, 2.05) is 0 Å². The highest BCUT2D eigenvalue weighted by molar-refractivity contribution is 9.10. The van der Waals surface area contributed by atoms with Crippen LogP contribution in [0.5, 0.6) is 0 Å². The summed E-state index contributed by atoms with van der Waals surface area (Å²) in [5.74, 6) is -1.55. The van der Waals surface area contributed by atoms with E-state index < -0.39 is 17.9 Å². The van der Waals surface area contributed by atoms with E-state index in [2.05, 4.69) is 26.2 Å². The lowest BCUT2D eigenvalue weighted by molar-refractivity contribution is -0.139. The number of aromatic nitrogens is 1. The van der Waals surface area contributed by atoms with Gasteiger partial charge in [-0.25, -0.2) is 14.6 Å². The molecule has 2 rings (SSSR count). The van der Waals surface area contributed by atoms with E-state index in [4.69, 9.17) is 21.1 Å². The number of rotatable bonds is 5. The average Bonchev–Trinajstić information content (AvgIpc) is 2.59. The van der Waals surface area contributed by atoms with Gasteiger partial charge in [0.2, 0.25) is 0 Å². The molecule has 134 valence electrons. The summed E-state index contributed by atoms with van der Waals surface area (Å²) in [6, 6.07) is 3.54. The molecule has 1 atom stereocenters. The van der Waals surface area contributed by atoms with Gasteiger partial charge in [-0.05, 0) is 41.4 Å². The zero-order chi connectivity index (χ0) is 18.6. The van der Waals surface area contributed by atoms with E-state index in [1.54, 1.807) is 32.2 Å². The molecule has 0 bridgehead atoms. The Kier molecular flexibility index (Phi) is 6.61. The summed E-state index contributed by atoms with van der Waals surface area (Å²) < 4.78 is 10.7. The third-order valence-corrected chi connectivity index (χ3v) is 4.61. The lowest BCUT2D eigenvalue weighted by Crippen LogP contribution is -2.32. The average molecular weight is 430 g/mol. The summed E-state index contributed by atoms with van der Waals surface area (Å²) in [6.45, 7) is 3.59. The molecule has 1 unspecified atom stereocenters. The van der Waals surface area contributed by atoms with Gasteiger partial charge in [0.15, 0.2) is 0 Å². The molecule has 0 aliphatic carbocycles. The van der Waals surface area contributed by atoms with E-state index in [1.165, 1.54) is 7.11 Å². The molecule has 0 radical (unpaired) electrons. The third-order valence-electron chi connectivity index (χ3n) is 3.79. The molecule has 1 aliphatic rings. The number of nitrogens with zero attached hydrogens (tertiary/aromatic N) is 1. The number of nitrogens with one attached hydrogen (secondary N) is 1. The number of hydrogen-bond donors (Lipinski definition) is 1. The molecule has 25 heavy (non-hydrogen) atoms. The predicted octanol–water partition coefficient (Wildman–Crippen LogP) is 3.03. The van der Waals surface area contributed by atoms with Crippen LogP contribution in [0.4, 0.5) is 0 Å². The monoisotopic (exact) mass is 428 g/mol. The van der Waals surface area contributed by atoms with Crippen molar-refractivity contribution < 1.29 is 19.1 Å². The van der Waals surface area contributed by atoms with E-state index in [9.17, 15) is 9.59 Å². The van der Waals surface area contributed by atoms with Crippen LogP contribution in [0, 0.1) is 0 Å². The quantitative estimate of drug-likeness (QED) is 0.440. The van der Waals surface area contributed by atoms with Gasteiger partial charge in [-0.3, -0.25) is 0 Å². The molecule has 0 amide bonds. The first kappa shape index (κ1) is 19.5. The molecule has 0 fully saturated rings. The van der Waals surface area contributed by atoms with Crippen molar-refractivity contribution in [3.63, 3.8) is 0 Å². The van der Waals surface area contributed by atoms with Gasteiger partial charge in [-0.1, -0.05) is 6.07 Å². The molecular weight excluding hydrogens is 412 g/mol. The van der Waals surface area contributed by atoms with Crippen LogP contribution in [0.25, 0.3) is 0 Å². The number of allylic oxidation sites excluding steroid dienone is 2. The van der Waals surface area contributed by atoms with Crippen molar-refractivity contribution in [2.45, 2.75) is 19.8 Å². The van der Waals surface area contributed by atoms with Crippen molar-refractivity contribution in [1.29, 1.82) is 0 Å². The van der Waals surface area contributed by atoms with Crippen LogP contribution in [0.1, 0.15) is 25.3 Å². The number of carbonyl (C=O) groups excluding carboxylic acids is 2. The molecule has 1 aromatic heterocycles. The molecule has 1 N–H and O–H groups in total. The number of esters is 2. The van der Waals surface area contributed by atoms with Crippen LogP contribution in [0.2, 0.25) is 0 Å². The standard InChI is InChI=1S/C17H18BrClN2O4/c1-9-12(16(22)24-3)14(11-5-4-7-20-15(11)18)13(10(2)21-9)17(23)25-8-6-19/h4-5,7,14,21H,6,8H2,1-3H3. The first-order valence-corrected chi connectivity index (χ1v) is 8.85. The summed E-state index contributed by atoms with van der Waals surface area (Å²) in [5, 5.41) is 3.06. The maximum absolute atomic E-state index is 12.6. The molecule has 1 aliphatic heterocycles. The second kappa shape index (κ2) is 8.49. The molecule has 6 nitrogen and oxygen atoms in total. The smallest absolute Gasteiger partial charge is 0.336 e. The summed E-state index contributed by atoms with van der Waals surface area (Å²) >= 11 is 9.01. The fourth-order valence-corrected chi connectivity index (χ4v) is 3.34. The van der Waals surface area contributed by atoms with Gasteiger partial charge in [-0.15, -0.1) is 11.6 Å². The fourth-order valence-electron chi connectivity index (χ4n) is 2.78. The Bertz CT molecular complexity index is 761. The van der Waals surface area contributed by atoms with Crippen molar-refractivity contribution in [3.05, 3.63) is 51.0 Å². The molecule has 2 heterocycles. The van der Waals surface area contributed by atoms with Gasteiger partial charge >= 0.3 is 11.9 Å². The minimum atomic E-state index is -0.667. The van der Waals surface area contributed by atoms with Crippen molar-refractivity contribution in [1.82, 2.24) is 10.3 Å². The SMILES string of the molecule is COC(=O)C1=C(C)NC(C)=C(C(=O)OCCCl)C1c1cccnc1Br. The Balaban J connectivity index is 2.63. The fraction of sp³-hybridized carbons (Fsp3) is 0.353. The van der Waals surface area contributed by atoms with Gasteiger partial charge in [0.05, 0.1) is 30.1 Å². The van der Waals surface area contributed by atoms with Gasteiger partial charge in [0.1, 0.15) is 11.2 Å². The summed E-state index contributed by atoms with van der Waals surface area (Å²) in [5.41, 5.74) is 2.54. The normalized spacial score (nSPS) is 17.2. The molecule has 8 heteroatoms. The van der Waals surface area contributed by atoms with E-state index in [0.717, 1.165) is 0 Å². The van der Waals surface area contributed by atoms with Crippen molar-refractivity contribution in [2.24, 2.45) is 0 Å². The number of methoxy groups -OCH3 is 1. The first-order valence-electron chi connectivity index (χ1n) is 7.52. The number of pyridine rings is 1. The predicted molar refractivity (Wildman–Crippen MR) is 96.9 cm³/mol. The van der Waals surface area contributed by atoms with E-state index in [-0.39, 0.29) is 12.5 Å². The highest BCUT2D eigenvalue weighted by Crippen LogP contribution is 2.41. The summed E-state index contributed by atoms with van der Waals surface area (Å²) in [7, 11) is 1.30. The minimum absolute atomic E-state index is 0.0777.